The van der Waals surface area contributed by atoms with E-state index < -0.39 is 0 Å². The standard InChI is InChI=1S/C34H39BrN2O3S/c1-38-28-11-12-29-30(22-25-6-13-32(31(35)23-25)40-21-19-37-16-4-5-17-37)34(41-33(29)24-28)26-7-9-27(10-8-26)39-20-18-36-14-2-3-15-36/h6-13,23-24H,2-5,14-22H2,1H3. The fraction of sp³-hybridized carbons (Fsp3) is 0.412. The summed E-state index contributed by atoms with van der Waals surface area (Å²) in [5.74, 6) is 2.73. The Kier molecular flexibility index (Phi) is 9.46. The van der Waals surface area contributed by atoms with Crippen LogP contribution >= 0.6 is 27.3 Å². The molecule has 0 atom stereocenters. The van der Waals surface area contributed by atoms with Crippen LogP contribution in [0.2, 0.25) is 0 Å². The van der Waals surface area contributed by atoms with Crippen LogP contribution in [0, 0.1) is 0 Å². The molecule has 2 fully saturated rings. The Morgan fingerprint density at radius 1 is 0.756 bits per heavy atom. The molecule has 2 aliphatic heterocycles. The van der Waals surface area contributed by atoms with Gasteiger partial charge in [-0.05, 0) is 151 Å². The van der Waals surface area contributed by atoms with Crippen molar-refractivity contribution in [2.75, 3.05) is 59.6 Å². The zero-order valence-electron chi connectivity index (χ0n) is 23.9. The largest absolute Gasteiger partial charge is 0.497 e. The number of thiophene rings is 1. The molecule has 3 aromatic carbocycles. The maximum atomic E-state index is 6.13. The molecule has 0 saturated carbocycles. The van der Waals surface area contributed by atoms with E-state index in [4.69, 9.17) is 14.2 Å². The minimum absolute atomic E-state index is 0.719. The molecule has 0 amide bonds. The van der Waals surface area contributed by atoms with Gasteiger partial charge in [0.15, 0.2) is 0 Å². The molecule has 0 N–H and O–H groups in total. The van der Waals surface area contributed by atoms with Crippen LogP contribution in [-0.4, -0.2) is 69.4 Å². The average Bonchev–Trinajstić information content (AvgIpc) is 3.77. The van der Waals surface area contributed by atoms with E-state index in [0.29, 0.717) is 0 Å². The summed E-state index contributed by atoms with van der Waals surface area (Å²) in [6.07, 6.45) is 6.07. The molecule has 0 bridgehead atoms. The SMILES string of the molecule is COc1ccc2c(Cc3ccc(OCCN4CCCC4)c(Br)c3)c(-c3ccc(OCCN4CCCC4)cc3)sc2c1. The van der Waals surface area contributed by atoms with E-state index in [1.54, 1.807) is 7.11 Å². The Morgan fingerprint density at radius 2 is 1.41 bits per heavy atom. The quantitative estimate of drug-likeness (QED) is 0.158. The zero-order valence-corrected chi connectivity index (χ0v) is 26.3. The van der Waals surface area contributed by atoms with E-state index in [1.807, 2.05) is 11.3 Å². The normalized spacial score (nSPS) is 16.0. The molecule has 3 heterocycles. The summed E-state index contributed by atoms with van der Waals surface area (Å²) in [6, 6.07) is 21.5. The number of benzene rings is 3. The summed E-state index contributed by atoms with van der Waals surface area (Å²) in [5.41, 5.74) is 3.81. The Morgan fingerprint density at radius 3 is 2.07 bits per heavy atom. The third kappa shape index (κ3) is 7.08. The van der Waals surface area contributed by atoms with Gasteiger partial charge in [0.05, 0.1) is 11.6 Å². The second-order valence-electron chi connectivity index (χ2n) is 11.0. The van der Waals surface area contributed by atoms with Crippen LogP contribution in [-0.2, 0) is 6.42 Å². The van der Waals surface area contributed by atoms with Crippen LogP contribution in [0.25, 0.3) is 20.5 Å². The third-order valence-corrected chi connectivity index (χ3v) is 10.1. The minimum Gasteiger partial charge on any atom is -0.497 e. The number of nitrogens with zero attached hydrogens (tertiary/aromatic N) is 2. The van der Waals surface area contributed by atoms with Gasteiger partial charge >= 0.3 is 0 Å². The van der Waals surface area contributed by atoms with Gasteiger partial charge in [-0.25, -0.2) is 0 Å². The summed E-state index contributed by atoms with van der Waals surface area (Å²) in [4.78, 5) is 6.25. The first-order valence-corrected chi connectivity index (χ1v) is 16.5. The van der Waals surface area contributed by atoms with Crippen molar-refractivity contribution in [2.24, 2.45) is 0 Å². The lowest BCUT2D eigenvalue weighted by Gasteiger charge is -2.16. The molecule has 2 aliphatic rings. The molecule has 7 heteroatoms. The first kappa shape index (κ1) is 28.5. The number of hydrogen-bond acceptors (Lipinski definition) is 6. The molecule has 0 radical (unpaired) electrons. The van der Waals surface area contributed by atoms with Crippen molar-refractivity contribution in [3.8, 4) is 27.7 Å². The molecule has 2 saturated heterocycles. The monoisotopic (exact) mass is 634 g/mol. The number of methoxy groups -OCH3 is 1. The van der Waals surface area contributed by atoms with Gasteiger partial charge in [0, 0.05) is 22.7 Å². The van der Waals surface area contributed by atoms with E-state index in [9.17, 15) is 0 Å². The van der Waals surface area contributed by atoms with Crippen LogP contribution in [0.15, 0.2) is 65.1 Å². The highest BCUT2D eigenvalue weighted by Crippen LogP contribution is 2.42. The summed E-state index contributed by atoms with van der Waals surface area (Å²) in [7, 11) is 1.73. The summed E-state index contributed by atoms with van der Waals surface area (Å²) in [6.45, 7) is 8.24. The maximum Gasteiger partial charge on any atom is 0.133 e. The molecule has 6 rings (SSSR count). The van der Waals surface area contributed by atoms with Gasteiger partial charge in [0.25, 0.3) is 0 Å². The third-order valence-electron chi connectivity index (χ3n) is 8.23. The molecule has 0 unspecified atom stereocenters. The lowest BCUT2D eigenvalue weighted by atomic mass is 9.99. The summed E-state index contributed by atoms with van der Waals surface area (Å²) < 4.78 is 20.0. The Balaban J connectivity index is 1.19. The van der Waals surface area contributed by atoms with Crippen LogP contribution in [0.3, 0.4) is 0 Å². The predicted molar refractivity (Wildman–Crippen MR) is 173 cm³/mol. The average molecular weight is 636 g/mol. The minimum atomic E-state index is 0.719. The Bertz CT molecular complexity index is 1440. The van der Waals surface area contributed by atoms with Gasteiger partial charge in [-0.15, -0.1) is 11.3 Å². The summed E-state index contributed by atoms with van der Waals surface area (Å²) >= 11 is 5.61. The number of fused-ring (bicyclic) bond motifs is 1. The van der Waals surface area contributed by atoms with E-state index in [-0.39, 0.29) is 0 Å². The highest BCUT2D eigenvalue weighted by molar-refractivity contribution is 9.10. The second kappa shape index (κ2) is 13.6. The van der Waals surface area contributed by atoms with Crippen LogP contribution in [0.4, 0.5) is 0 Å². The molecule has 216 valence electrons. The topological polar surface area (TPSA) is 34.2 Å². The smallest absolute Gasteiger partial charge is 0.133 e. The highest BCUT2D eigenvalue weighted by Gasteiger charge is 2.17. The van der Waals surface area contributed by atoms with Crippen LogP contribution in [0.1, 0.15) is 36.8 Å². The van der Waals surface area contributed by atoms with Crippen molar-refractivity contribution in [3.63, 3.8) is 0 Å². The lowest BCUT2D eigenvalue weighted by molar-refractivity contribution is 0.237. The van der Waals surface area contributed by atoms with Crippen molar-refractivity contribution < 1.29 is 14.2 Å². The van der Waals surface area contributed by atoms with E-state index in [1.165, 1.54) is 83.5 Å². The van der Waals surface area contributed by atoms with Gasteiger partial charge in [0.2, 0.25) is 0 Å². The molecule has 1 aromatic heterocycles. The van der Waals surface area contributed by atoms with Crippen molar-refractivity contribution in [1.29, 1.82) is 0 Å². The number of rotatable bonds is 12. The van der Waals surface area contributed by atoms with E-state index >= 15 is 0 Å². The Hall–Kier alpha value is -2.58. The Labute approximate surface area is 256 Å². The molecular weight excluding hydrogens is 596 g/mol. The van der Waals surface area contributed by atoms with Crippen molar-refractivity contribution in [2.45, 2.75) is 32.1 Å². The van der Waals surface area contributed by atoms with Crippen molar-refractivity contribution in [3.05, 3.63) is 76.3 Å². The van der Waals surface area contributed by atoms with Gasteiger partial charge in [-0.1, -0.05) is 6.07 Å². The predicted octanol–water partition coefficient (Wildman–Crippen LogP) is 7.88. The second-order valence-corrected chi connectivity index (χ2v) is 12.9. The first-order chi connectivity index (χ1) is 20.2. The zero-order chi connectivity index (χ0) is 28.0. The number of likely N-dealkylation sites (tertiary alicyclic amines) is 2. The van der Waals surface area contributed by atoms with Crippen molar-refractivity contribution >= 4 is 37.4 Å². The molecule has 5 nitrogen and oxygen atoms in total. The van der Waals surface area contributed by atoms with E-state index in [0.717, 1.165) is 54.4 Å². The van der Waals surface area contributed by atoms with Crippen LogP contribution in [0.5, 0.6) is 17.2 Å². The van der Waals surface area contributed by atoms with Gasteiger partial charge in [-0.3, -0.25) is 9.80 Å². The number of ether oxygens (including phenoxy) is 3. The molecule has 4 aromatic rings. The maximum absolute atomic E-state index is 6.13. The van der Waals surface area contributed by atoms with Crippen LogP contribution < -0.4 is 14.2 Å². The van der Waals surface area contributed by atoms with Gasteiger partial charge < -0.3 is 14.2 Å². The van der Waals surface area contributed by atoms with Crippen molar-refractivity contribution in [1.82, 2.24) is 9.80 Å². The lowest BCUT2D eigenvalue weighted by Crippen LogP contribution is -2.25. The fourth-order valence-electron chi connectivity index (χ4n) is 5.93. The molecule has 0 spiro atoms. The first-order valence-electron chi connectivity index (χ1n) is 14.8. The fourth-order valence-corrected chi connectivity index (χ4v) is 7.73. The number of halogens is 1. The highest BCUT2D eigenvalue weighted by atomic mass is 79.9. The molecular formula is C34H39BrN2O3S. The van der Waals surface area contributed by atoms with Gasteiger partial charge in [-0.2, -0.15) is 0 Å². The van der Waals surface area contributed by atoms with E-state index in [2.05, 4.69) is 86.4 Å². The number of hydrogen-bond donors (Lipinski definition) is 0. The molecule has 0 aliphatic carbocycles. The van der Waals surface area contributed by atoms with Gasteiger partial charge in [0.1, 0.15) is 30.5 Å². The summed E-state index contributed by atoms with van der Waals surface area (Å²) in [5, 5.41) is 1.28. The molecule has 41 heavy (non-hydrogen) atoms.